The number of nitrogens with zero attached hydrogens (tertiary/aromatic N) is 1. The highest BCUT2D eigenvalue weighted by Gasteiger charge is 2.30. The monoisotopic (exact) mass is 363 g/mol. The predicted octanol–water partition coefficient (Wildman–Crippen LogP) is 4.73. The number of hydrogen-bond acceptors (Lipinski definition) is 1. The van der Waals surface area contributed by atoms with Crippen LogP contribution in [0, 0.1) is 0 Å². The van der Waals surface area contributed by atoms with Crippen molar-refractivity contribution in [1.29, 1.82) is 0 Å². The molecule has 1 amide bonds. The zero-order chi connectivity index (χ0) is 13.8. The minimum absolute atomic E-state index is 0.0309. The maximum Gasteiger partial charge on any atom is 0.255 e. The molecule has 0 N–H and O–H groups in total. The van der Waals surface area contributed by atoms with Gasteiger partial charge < -0.3 is 4.90 Å². The summed E-state index contributed by atoms with van der Waals surface area (Å²) in [5, 5.41) is 0.496. The molecule has 0 radical (unpaired) electrons. The lowest BCUT2D eigenvalue weighted by Gasteiger charge is -2.25. The summed E-state index contributed by atoms with van der Waals surface area (Å²) in [6.45, 7) is 0.814. The van der Waals surface area contributed by atoms with Crippen LogP contribution in [0.2, 0.25) is 5.02 Å². The van der Waals surface area contributed by atoms with Crippen molar-refractivity contribution in [3.05, 3.63) is 33.3 Å². The molecule has 1 saturated heterocycles. The normalized spacial score (nSPS) is 18.9. The standard InChI is InChI=1S/C14H16BrCl2NO/c15-12-7-1-6-11(13(12)17)14(19)18-9-3-5-10(18)4-2-8-16/h1,6-7,10H,2-5,8-9H2. The van der Waals surface area contributed by atoms with Crippen LogP contribution in [-0.4, -0.2) is 29.3 Å². The van der Waals surface area contributed by atoms with Crippen LogP contribution in [0.1, 0.15) is 36.0 Å². The topological polar surface area (TPSA) is 20.3 Å². The molecule has 1 fully saturated rings. The van der Waals surface area contributed by atoms with E-state index in [0.29, 0.717) is 22.5 Å². The Kier molecular flexibility index (Phi) is 5.55. The number of hydrogen-bond donors (Lipinski definition) is 0. The lowest BCUT2D eigenvalue weighted by Crippen LogP contribution is -2.35. The van der Waals surface area contributed by atoms with Gasteiger partial charge in [0.1, 0.15) is 0 Å². The number of likely N-dealkylation sites (tertiary alicyclic amines) is 1. The summed E-state index contributed by atoms with van der Waals surface area (Å²) in [7, 11) is 0. The van der Waals surface area contributed by atoms with Crippen LogP contribution in [0.15, 0.2) is 22.7 Å². The molecule has 1 unspecified atom stereocenters. The molecule has 0 saturated carbocycles. The molecular formula is C14H16BrCl2NO. The van der Waals surface area contributed by atoms with Crippen LogP contribution < -0.4 is 0 Å². The van der Waals surface area contributed by atoms with Crippen molar-refractivity contribution in [2.75, 3.05) is 12.4 Å². The first kappa shape index (κ1) is 15.1. The molecule has 0 bridgehead atoms. The van der Waals surface area contributed by atoms with Gasteiger partial charge in [0.2, 0.25) is 0 Å². The third kappa shape index (κ3) is 3.45. The van der Waals surface area contributed by atoms with E-state index in [0.717, 1.165) is 36.7 Å². The molecule has 1 atom stereocenters. The van der Waals surface area contributed by atoms with Gasteiger partial charge in [-0.15, -0.1) is 11.6 Å². The second kappa shape index (κ2) is 6.96. The lowest BCUT2D eigenvalue weighted by atomic mass is 10.1. The average Bonchev–Trinajstić information content (AvgIpc) is 2.87. The highest BCUT2D eigenvalue weighted by Crippen LogP contribution is 2.30. The second-order valence-electron chi connectivity index (χ2n) is 4.73. The molecule has 1 aliphatic rings. The fraction of sp³-hybridized carbons (Fsp3) is 0.500. The maximum absolute atomic E-state index is 12.6. The molecule has 2 nitrogen and oxygen atoms in total. The number of alkyl halides is 1. The molecular weight excluding hydrogens is 349 g/mol. The summed E-state index contributed by atoms with van der Waals surface area (Å²) in [6.07, 6.45) is 4.04. The van der Waals surface area contributed by atoms with Gasteiger partial charge in [-0.05, 0) is 53.7 Å². The molecule has 19 heavy (non-hydrogen) atoms. The van der Waals surface area contributed by atoms with Crippen LogP contribution in [0.5, 0.6) is 0 Å². The van der Waals surface area contributed by atoms with Gasteiger partial charge in [-0.25, -0.2) is 0 Å². The summed E-state index contributed by atoms with van der Waals surface area (Å²) < 4.78 is 0.761. The fourth-order valence-corrected chi connectivity index (χ4v) is 3.27. The lowest BCUT2D eigenvalue weighted by molar-refractivity contribution is 0.0730. The molecule has 0 spiro atoms. The summed E-state index contributed by atoms with van der Waals surface area (Å²) >= 11 is 15.3. The molecule has 2 rings (SSSR count). The van der Waals surface area contributed by atoms with E-state index in [4.69, 9.17) is 23.2 Å². The Labute approximate surface area is 132 Å². The second-order valence-corrected chi connectivity index (χ2v) is 6.34. The van der Waals surface area contributed by atoms with E-state index in [1.807, 2.05) is 17.0 Å². The largest absolute Gasteiger partial charge is 0.336 e. The van der Waals surface area contributed by atoms with Crippen molar-refractivity contribution in [1.82, 2.24) is 4.90 Å². The third-order valence-electron chi connectivity index (χ3n) is 3.49. The first-order valence-electron chi connectivity index (χ1n) is 6.46. The molecule has 5 heteroatoms. The van der Waals surface area contributed by atoms with Crippen LogP contribution in [0.4, 0.5) is 0 Å². The van der Waals surface area contributed by atoms with Crippen LogP contribution >= 0.6 is 39.1 Å². The molecule has 1 aromatic rings. The number of carbonyl (C=O) groups is 1. The average molecular weight is 365 g/mol. The number of benzene rings is 1. The first-order chi connectivity index (χ1) is 9.15. The van der Waals surface area contributed by atoms with E-state index in [2.05, 4.69) is 15.9 Å². The zero-order valence-corrected chi connectivity index (χ0v) is 13.6. The first-order valence-corrected chi connectivity index (χ1v) is 8.16. The van der Waals surface area contributed by atoms with E-state index in [1.54, 1.807) is 6.07 Å². The Balaban J connectivity index is 2.16. The van der Waals surface area contributed by atoms with E-state index in [-0.39, 0.29) is 5.91 Å². The Morgan fingerprint density at radius 3 is 3.00 bits per heavy atom. The Bertz CT molecular complexity index is 467. The van der Waals surface area contributed by atoms with E-state index in [1.165, 1.54) is 0 Å². The van der Waals surface area contributed by atoms with Gasteiger partial charge in [0.15, 0.2) is 0 Å². The van der Waals surface area contributed by atoms with E-state index >= 15 is 0 Å². The van der Waals surface area contributed by atoms with Crippen molar-refractivity contribution in [2.45, 2.75) is 31.7 Å². The predicted molar refractivity (Wildman–Crippen MR) is 83.2 cm³/mol. The Hall–Kier alpha value is -0.250. The van der Waals surface area contributed by atoms with Crippen molar-refractivity contribution >= 4 is 45.0 Å². The summed E-state index contributed by atoms with van der Waals surface area (Å²) in [4.78, 5) is 14.5. The van der Waals surface area contributed by atoms with Crippen molar-refractivity contribution in [3.63, 3.8) is 0 Å². The highest BCUT2D eigenvalue weighted by molar-refractivity contribution is 9.10. The summed E-state index contributed by atoms with van der Waals surface area (Å²) in [6, 6.07) is 5.77. The van der Waals surface area contributed by atoms with E-state index < -0.39 is 0 Å². The third-order valence-corrected chi connectivity index (χ3v) is 5.05. The van der Waals surface area contributed by atoms with Crippen LogP contribution in [0.25, 0.3) is 0 Å². The van der Waals surface area contributed by atoms with Gasteiger partial charge >= 0.3 is 0 Å². The molecule has 0 aliphatic carbocycles. The number of rotatable bonds is 4. The Morgan fingerprint density at radius 2 is 2.26 bits per heavy atom. The van der Waals surface area contributed by atoms with Gasteiger partial charge in [0.05, 0.1) is 10.6 Å². The zero-order valence-electron chi connectivity index (χ0n) is 10.5. The fourth-order valence-electron chi connectivity index (χ4n) is 2.54. The molecule has 104 valence electrons. The summed E-state index contributed by atoms with van der Waals surface area (Å²) in [5.74, 6) is 0.680. The smallest absolute Gasteiger partial charge is 0.255 e. The molecule has 1 heterocycles. The quantitative estimate of drug-likeness (QED) is 0.707. The van der Waals surface area contributed by atoms with Crippen LogP contribution in [0.3, 0.4) is 0 Å². The Morgan fingerprint density at radius 1 is 1.47 bits per heavy atom. The van der Waals surface area contributed by atoms with Crippen molar-refractivity contribution in [3.8, 4) is 0 Å². The van der Waals surface area contributed by atoms with E-state index in [9.17, 15) is 4.79 Å². The number of carbonyl (C=O) groups excluding carboxylic acids is 1. The number of amides is 1. The van der Waals surface area contributed by atoms with Crippen LogP contribution in [-0.2, 0) is 0 Å². The highest BCUT2D eigenvalue weighted by atomic mass is 79.9. The van der Waals surface area contributed by atoms with Crippen molar-refractivity contribution < 1.29 is 4.79 Å². The minimum Gasteiger partial charge on any atom is -0.336 e. The van der Waals surface area contributed by atoms with Crippen molar-refractivity contribution in [2.24, 2.45) is 0 Å². The summed E-state index contributed by atoms with van der Waals surface area (Å²) in [5.41, 5.74) is 0.578. The maximum atomic E-state index is 12.6. The van der Waals surface area contributed by atoms with Gasteiger partial charge in [-0.3, -0.25) is 4.79 Å². The SMILES string of the molecule is O=C(c1cccc(Br)c1Cl)N1CCCC1CCCCl. The van der Waals surface area contributed by atoms with Gasteiger partial charge in [-0.2, -0.15) is 0 Å². The van der Waals surface area contributed by atoms with Gasteiger partial charge in [0, 0.05) is 22.9 Å². The molecule has 1 aliphatic heterocycles. The molecule has 0 aromatic heterocycles. The molecule has 1 aromatic carbocycles. The minimum atomic E-state index is 0.0309. The van der Waals surface area contributed by atoms with Gasteiger partial charge in [-0.1, -0.05) is 17.7 Å². The number of halogens is 3. The van der Waals surface area contributed by atoms with Gasteiger partial charge in [0.25, 0.3) is 5.91 Å².